The van der Waals surface area contributed by atoms with Gasteiger partial charge in [-0.2, -0.15) is 0 Å². The topological polar surface area (TPSA) is 50.4 Å². The van der Waals surface area contributed by atoms with E-state index in [9.17, 15) is 4.79 Å². The number of unbranched alkanes of at least 4 members (excludes halogenated alkanes) is 2. The summed E-state index contributed by atoms with van der Waals surface area (Å²) in [6.45, 7) is 2.99. The minimum Gasteiger partial charge on any atom is -0.497 e. The van der Waals surface area contributed by atoms with Crippen molar-refractivity contribution >= 4 is 11.6 Å². The van der Waals surface area contributed by atoms with Crippen LogP contribution in [-0.2, 0) is 4.79 Å². The van der Waals surface area contributed by atoms with Crippen LogP contribution in [0.25, 0.3) is 0 Å². The van der Waals surface area contributed by atoms with Crippen molar-refractivity contribution < 1.29 is 9.53 Å². The molecule has 2 N–H and O–H groups in total. The van der Waals surface area contributed by atoms with Gasteiger partial charge in [-0.3, -0.25) is 4.79 Å². The largest absolute Gasteiger partial charge is 0.497 e. The molecule has 0 aliphatic carbocycles. The Kier molecular flexibility index (Phi) is 7.30. The fraction of sp³-hybridized carbons (Fsp3) is 0.350. The molecule has 0 aliphatic rings. The van der Waals surface area contributed by atoms with Crippen molar-refractivity contribution in [1.29, 1.82) is 0 Å². The number of nitrogens with one attached hydrogen (secondary N) is 2. The van der Waals surface area contributed by atoms with Gasteiger partial charge in [0.15, 0.2) is 0 Å². The Morgan fingerprint density at radius 3 is 2.58 bits per heavy atom. The molecule has 24 heavy (non-hydrogen) atoms. The first-order valence-corrected chi connectivity index (χ1v) is 8.48. The monoisotopic (exact) mass is 326 g/mol. The highest BCUT2D eigenvalue weighted by Gasteiger charge is 2.19. The summed E-state index contributed by atoms with van der Waals surface area (Å²) in [4.78, 5) is 12.8. The molecule has 0 aliphatic heterocycles. The van der Waals surface area contributed by atoms with E-state index in [-0.39, 0.29) is 11.9 Å². The first-order chi connectivity index (χ1) is 11.7. The van der Waals surface area contributed by atoms with Crippen molar-refractivity contribution in [2.24, 2.45) is 0 Å². The Hall–Kier alpha value is -2.33. The summed E-state index contributed by atoms with van der Waals surface area (Å²) in [5.41, 5.74) is 1.70. The maximum Gasteiger partial charge on any atom is 0.246 e. The van der Waals surface area contributed by atoms with Gasteiger partial charge < -0.3 is 15.4 Å². The molecule has 128 valence electrons. The summed E-state index contributed by atoms with van der Waals surface area (Å²) in [6, 6.07) is 16.8. The quantitative estimate of drug-likeness (QED) is 0.681. The molecule has 0 aromatic heterocycles. The van der Waals surface area contributed by atoms with E-state index in [4.69, 9.17) is 4.74 Å². The third kappa shape index (κ3) is 5.39. The minimum atomic E-state index is -0.366. The number of benzene rings is 2. The fourth-order valence-electron chi connectivity index (χ4n) is 2.54. The SMILES string of the molecule is CCCCCN[C@@H](C(=O)Nc1cccc(OC)c1)c1ccccc1. The lowest BCUT2D eigenvalue weighted by atomic mass is 10.1. The molecule has 2 aromatic carbocycles. The van der Waals surface area contributed by atoms with Crippen molar-refractivity contribution in [3.8, 4) is 5.75 Å². The smallest absolute Gasteiger partial charge is 0.246 e. The van der Waals surface area contributed by atoms with Crippen LogP contribution in [0.2, 0.25) is 0 Å². The predicted octanol–water partition coefficient (Wildman–Crippen LogP) is 4.15. The Morgan fingerprint density at radius 1 is 1.08 bits per heavy atom. The van der Waals surface area contributed by atoms with Crippen LogP contribution >= 0.6 is 0 Å². The van der Waals surface area contributed by atoms with Crippen LogP contribution in [0.15, 0.2) is 54.6 Å². The zero-order chi connectivity index (χ0) is 17.2. The summed E-state index contributed by atoms with van der Waals surface area (Å²) in [7, 11) is 1.61. The molecule has 1 amide bonds. The Balaban J connectivity index is 2.08. The molecular weight excluding hydrogens is 300 g/mol. The fourth-order valence-corrected chi connectivity index (χ4v) is 2.54. The Morgan fingerprint density at radius 2 is 1.88 bits per heavy atom. The van der Waals surface area contributed by atoms with E-state index in [1.54, 1.807) is 7.11 Å². The number of amides is 1. The van der Waals surface area contributed by atoms with Crippen LogP contribution in [0, 0.1) is 0 Å². The summed E-state index contributed by atoms with van der Waals surface area (Å²) in [5.74, 6) is 0.658. The second kappa shape index (κ2) is 9.73. The standard InChI is InChI=1S/C20H26N2O2/c1-3-4-8-14-21-19(16-10-6-5-7-11-16)20(23)22-17-12-9-13-18(15-17)24-2/h5-7,9-13,15,19,21H,3-4,8,14H2,1-2H3,(H,22,23)/t19-/m1/s1. The summed E-state index contributed by atoms with van der Waals surface area (Å²) >= 11 is 0. The lowest BCUT2D eigenvalue weighted by molar-refractivity contribution is -0.118. The number of hydrogen-bond donors (Lipinski definition) is 2. The van der Waals surface area contributed by atoms with Gasteiger partial charge in [-0.15, -0.1) is 0 Å². The van der Waals surface area contributed by atoms with E-state index in [1.807, 2.05) is 54.6 Å². The van der Waals surface area contributed by atoms with Crippen molar-refractivity contribution in [2.75, 3.05) is 19.0 Å². The number of carbonyl (C=O) groups is 1. The van der Waals surface area contributed by atoms with Gasteiger partial charge in [-0.25, -0.2) is 0 Å². The molecule has 0 unspecified atom stereocenters. The van der Waals surface area contributed by atoms with Gasteiger partial charge in [-0.1, -0.05) is 56.2 Å². The van der Waals surface area contributed by atoms with E-state index >= 15 is 0 Å². The van der Waals surface area contributed by atoms with Crippen molar-refractivity contribution in [1.82, 2.24) is 5.32 Å². The normalized spacial score (nSPS) is 11.8. The van der Waals surface area contributed by atoms with Gasteiger partial charge >= 0.3 is 0 Å². The van der Waals surface area contributed by atoms with Crippen molar-refractivity contribution in [3.05, 3.63) is 60.2 Å². The molecule has 0 radical (unpaired) electrons. The second-order valence-corrected chi connectivity index (χ2v) is 5.73. The van der Waals surface area contributed by atoms with Gasteiger partial charge in [0.1, 0.15) is 11.8 Å². The zero-order valence-electron chi connectivity index (χ0n) is 14.4. The van der Waals surface area contributed by atoms with Gasteiger partial charge in [0.2, 0.25) is 5.91 Å². The van der Waals surface area contributed by atoms with Crippen LogP contribution in [-0.4, -0.2) is 19.6 Å². The highest BCUT2D eigenvalue weighted by atomic mass is 16.5. The number of carbonyl (C=O) groups excluding carboxylic acids is 1. The van der Waals surface area contributed by atoms with Gasteiger partial charge in [0, 0.05) is 11.8 Å². The second-order valence-electron chi connectivity index (χ2n) is 5.73. The first-order valence-electron chi connectivity index (χ1n) is 8.48. The van der Waals surface area contributed by atoms with Gasteiger partial charge in [-0.05, 0) is 30.7 Å². The zero-order valence-corrected chi connectivity index (χ0v) is 14.4. The average molecular weight is 326 g/mol. The van der Waals surface area contributed by atoms with Crippen molar-refractivity contribution in [3.63, 3.8) is 0 Å². The highest BCUT2D eigenvalue weighted by molar-refractivity contribution is 5.95. The maximum atomic E-state index is 12.8. The molecule has 4 nitrogen and oxygen atoms in total. The van der Waals surface area contributed by atoms with Crippen LogP contribution in [0.1, 0.15) is 37.8 Å². The van der Waals surface area contributed by atoms with E-state index < -0.39 is 0 Å². The molecule has 0 heterocycles. The number of hydrogen-bond acceptors (Lipinski definition) is 3. The molecule has 0 spiro atoms. The molecule has 0 fully saturated rings. The number of anilines is 1. The van der Waals surface area contributed by atoms with E-state index in [1.165, 1.54) is 0 Å². The Bertz CT molecular complexity index is 629. The van der Waals surface area contributed by atoms with Crippen LogP contribution in [0.3, 0.4) is 0 Å². The third-order valence-corrected chi connectivity index (χ3v) is 3.86. The van der Waals surface area contributed by atoms with Crippen LogP contribution in [0.4, 0.5) is 5.69 Å². The summed E-state index contributed by atoms with van der Waals surface area (Å²) in [6.07, 6.45) is 3.38. The lowest BCUT2D eigenvalue weighted by Gasteiger charge is -2.19. The number of ether oxygens (including phenoxy) is 1. The molecule has 0 saturated heterocycles. The third-order valence-electron chi connectivity index (χ3n) is 3.86. The molecule has 0 bridgehead atoms. The Labute approximate surface area is 144 Å². The minimum absolute atomic E-state index is 0.0639. The molecular formula is C20H26N2O2. The highest BCUT2D eigenvalue weighted by Crippen LogP contribution is 2.20. The average Bonchev–Trinajstić information content (AvgIpc) is 2.62. The maximum absolute atomic E-state index is 12.8. The van der Waals surface area contributed by atoms with Crippen LogP contribution < -0.4 is 15.4 Å². The summed E-state index contributed by atoms with van der Waals surface area (Å²) < 4.78 is 5.21. The molecule has 0 saturated carbocycles. The van der Waals surface area contributed by atoms with Gasteiger partial charge in [0.25, 0.3) is 0 Å². The van der Waals surface area contributed by atoms with E-state index in [2.05, 4.69) is 17.6 Å². The number of rotatable bonds is 9. The van der Waals surface area contributed by atoms with Crippen molar-refractivity contribution in [2.45, 2.75) is 32.2 Å². The summed E-state index contributed by atoms with van der Waals surface area (Å²) in [5, 5.41) is 6.35. The van der Waals surface area contributed by atoms with E-state index in [0.717, 1.165) is 42.8 Å². The van der Waals surface area contributed by atoms with E-state index in [0.29, 0.717) is 0 Å². The lowest BCUT2D eigenvalue weighted by Crippen LogP contribution is -2.33. The number of methoxy groups -OCH3 is 1. The molecule has 2 aromatic rings. The van der Waals surface area contributed by atoms with Gasteiger partial charge in [0.05, 0.1) is 7.11 Å². The first kappa shape index (κ1) is 18.0. The molecule has 1 atom stereocenters. The van der Waals surface area contributed by atoms with Crippen LogP contribution in [0.5, 0.6) is 5.75 Å². The predicted molar refractivity (Wildman–Crippen MR) is 98.3 cm³/mol. The molecule has 4 heteroatoms. The molecule has 2 rings (SSSR count).